The summed E-state index contributed by atoms with van der Waals surface area (Å²) in [5, 5.41) is 6.36. The summed E-state index contributed by atoms with van der Waals surface area (Å²) >= 11 is 0. The summed E-state index contributed by atoms with van der Waals surface area (Å²) in [5.74, 6) is 0.898. The summed E-state index contributed by atoms with van der Waals surface area (Å²) in [7, 11) is 2.13. The van der Waals surface area contributed by atoms with E-state index in [1.807, 2.05) is 0 Å². The molecule has 0 radical (unpaired) electrons. The third-order valence-corrected chi connectivity index (χ3v) is 4.94. The highest BCUT2D eigenvalue weighted by molar-refractivity contribution is 5.85. The first kappa shape index (κ1) is 13.6. The smallest absolute Gasteiger partial charge is 0.00954 e. The third-order valence-electron chi connectivity index (χ3n) is 4.94. The summed E-state index contributed by atoms with van der Waals surface area (Å²) in [6, 6.07) is 16.1. The Balaban J connectivity index is 1.72. The van der Waals surface area contributed by atoms with Crippen molar-refractivity contribution in [1.29, 1.82) is 0 Å². The monoisotopic (exact) mass is 267 g/mol. The molecule has 1 heteroatoms. The Hall–Kier alpha value is -1.34. The lowest BCUT2D eigenvalue weighted by Crippen LogP contribution is -2.32. The zero-order chi connectivity index (χ0) is 13.8. The van der Waals surface area contributed by atoms with Gasteiger partial charge < -0.3 is 5.32 Å². The van der Waals surface area contributed by atoms with Gasteiger partial charge in [-0.15, -0.1) is 0 Å². The maximum atomic E-state index is 3.56. The summed E-state index contributed by atoms with van der Waals surface area (Å²) < 4.78 is 0. The molecule has 0 saturated heterocycles. The van der Waals surface area contributed by atoms with Gasteiger partial charge in [0.05, 0.1) is 0 Å². The van der Waals surface area contributed by atoms with Gasteiger partial charge in [-0.1, -0.05) is 55.3 Å². The van der Waals surface area contributed by atoms with E-state index < -0.39 is 0 Å². The zero-order valence-electron chi connectivity index (χ0n) is 12.4. The fourth-order valence-corrected chi connectivity index (χ4v) is 3.80. The molecule has 0 aliphatic heterocycles. The van der Waals surface area contributed by atoms with Crippen LogP contribution in [-0.2, 0) is 6.42 Å². The molecule has 1 N–H and O–H groups in total. The largest absolute Gasteiger partial charge is 0.317 e. The van der Waals surface area contributed by atoms with Gasteiger partial charge in [-0.3, -0.25) is 0 Å². The van der Waals surface area contributed by atoms with Crippen LogP contribution >= 0.6 is 0 Å². The molecule has 106 valence electrons. The van der Waals surface area contributed by atoms with Crippen LogP contribution in [0.3, 0.4) is 0 Å². The molecular formula is C19H25N. The number of rotatable bonds is 5. The number of hydrogen-bond donors (Lipinski definition) is 1. The molecule has 0 amide bonds. The number of benzene rings is 2. The molecule has 1 unspecified atom stereocenters. The summed E-state index contributed by atoms with van der Waals surface area (Å²) in [6.07, 6.45) is 8.13. The topological polar surface area (TPSA) is 12.0 Å². The number of hydrogen-bond acceptors (Lipinski definition) is 1. The van der Waals surface area contributed by atoms with Crippen LogP contribution in [0.2, 0.25) is 0 Å². The second-order valence-electron chi connectivity index (χ2n) is 6.12. The highest BCUT2D eigenvalue weighted by Gasteiger charge is 2.23. The first-order chi connectivity index (χ1) is 9.88. The lowest BCUT2D eigenvalue weighted by molar-refractivity contribution is 0.360. The average Bonchev–Trinajstić information content (AvgIpc) is 3.02. The van der Waals surface area contributed by atoms with Crippen LogP contribution in [0.5, 0.6) is 0 Å². The Morgan fingerprint density at radius 1 is 1.05 bits per heavy atom. The van der Waals surface area contributed by atoms with Gasteiger partial charge in [0.15, 0.2) is 0 Å². The highest BCUT2D eigenvalue weighted by Crippen LogP contribution is 2.30. The quantitative estimate of drug-likeness (QED) is 0.838. The van der Waals surface area contributed by atoms with E-state index >= 15 is 0 Å². The average molecular weight is 267 g/mol. The standard InChI is InChI=1S/C19H25N/c1-20-19(17-8-2-3-9-17)14-13-16-11-6-10-15-7-4-5-12-18(15)16/h4-7,10-12,17,19-20H,2-3,8-9,13-14H2,1H3. The molecule has 3 rings (SSSR count). The van der Waals surface area contributed by atoms with Crippen LogP contribution in [0.15, 0.2) is 42.5 Å². The van der Waals surface area contributed by atoms with Crippen LogP contribution in [0.1, 0.15) is 37.7 Å². The van der Waals surface area contributed by atoms with E-state index in [2.05, 4.69) is 54.8 Å². The number of nitrogens with one attached hydrogen (secondary N) is 1. The molecule has 2 aromatic rings. The first-order valence-electron chi connectivity index (χ1n) is 8.02. The summed E-state index contributed by atoms with van der Waals surface area (Å²) in [5.41, 5.74) is 1.50. The first-order valence-corrected chi connectivity index (χ1v) is 8.02. The van der Waals surface area contributed by atoms with Crippen LogP contribution in [0, 0.1) is 5.92 Å². The van der Waals surface area contributed by atoms with E-state index in [4.69, 9.17) is 0 Å². The molecule has 0 heterocycles. The van der Waals surface area contributed by atoms with Gasteiger partial charge >= 0.3 is 0 Å². The van der Waals surface area contributed by atoms with Crippen molar-refractivity contribution >= 4 is 10.8 Å². The van der Waals surface area contributed by atoms with E-state index in [-0.39, 0.29) is 0 Å². The third kappa shape index (κ3) is 2.88. The van der Waals surface area contributed by atoms with E-state index in [0.717, 1.165) is 5.92 Å². The summed E-state index contributed by atoms with van der Waals surface area (Å²) in [4.78, 5) is 0. The van der Waals surface area contributed by atoms with E-state index in [0.29, 0.717) is 6.04 Å². The fourth-order valence-electron chi connectivity index (χ4n) is 3.80. The van der Waals surface area contributed by atoms with Gasteiger partial charge in [0.25, 0.3) is 0 Å². The van der Waals surface area contributed by atoms with Gasteiger partial charge in [0.1, 0.15) is 0 Å². The molecule has 1 saturated carbocycles. The minimum atomic E-state index is 0.691. The predicted molar refractivity (Wildman–Crippen MR) is 87.1 cm³/mol. The van der Waals surface area contributed by atoms with Crippen LogP contribution < -0.4 is 5.32 Å². The Bertz CT molecular complexity index is 549. The van der Waals surface area contributed by atoms with Crippen molar-refractivity contribution in [1.82, 2.24) is 5.32 Å². The molecule has 0 aromatic heterocycles. The van der Waals surface area contributed by atoms with Crippen LogP contribution in [-0.4, -0.2) is 13.1 Å². The maximum Gasteiger partial charge on any atom is 0.00954 e. The number of aryl methyl sites for hydroxylation is 1. The second kappa shape index (κ2) is 6.41. The lowest BCUT2D eigenvalue weighted by Gasteiger charge is -2.23. The Morgan fingerprint density at radius 2 is 1.80 bits per heavy atom. The molecule has 0 spiro atoms. The fraction of sp³-hybridized carbons (Fsp3) is 0.474. The van der Waals surface area contributed by atoms with E-state index in [1.54, 1.807) is 0 Å². The zero-order valence-corrected chi connectivity index (χ0v) is 12.4. The predicted octanol–water partition coefficient (Wildman–Crippen LogP) is 4.55. The van der Waals surface area contributed by atoms with E-state index in [1.165, 1.54) is 54.9 Å². The van der Waals surface area contributed by atoms with Crippen molar-refractivity contribution in [3.05, 3.63) is 48.0 Å². The van der Waals surface area contributed by atoms with Gasteiger partial charge in [-0.25, -0.2) is 0 Å². The van der Waals surface area contributed by atoms with Crippen LogP contribution in [0.4, 0.5) is 0 Å². The Labute approximate surface area is 122 Å². The van der Waals surface area contributed by atoms with Gasteiger partial charge in [0, 0.05) is 6.04 Å². The summed E-state index contributed by atoms with van der Waals surface area (Å²) in [6.45, 7) is 0. The van der Waals surface area contributed by atoms with Crippen molar-refractivity contribution in [3.8, 4) is 0 Å². The van der Waals surface area contributed by atoms with Crippen molar-refractivity contribution in [2.45, 2.75) is 44.6 Å². The normalized spacial score (nSPS) is 17.6. The Kier molecular flexibility index (Phi) is 4.37. The van der Waals surface area contributed by atoms with Crippen molar-refractivity contribution in [2.75, 3.05) is 7.05 Å². The van der Waals surface area contributed by atoms with Crippen molar-refractivity contribution in [3.63, 3.8) is 0 Å². The molecule has 0 bridgehead atoms. The molecular weight excluding hydrogens is 242 g/mol. The van der Waals surface area contributed by atoms with Gasteiger partial charge in [-0.2, -0.15) is 0 Å². The van der Waals surface area contributed by atoms with Crippen LogP contribution in [0.25, 0.3) is 10.8 Å². The van der Waals surface area contributed by atoms with Crippen molar-refractivity contribution < 1.29 is 0 Å². The van der Waals surface area contributed by atoms with Crippen molar-refractivity contribution in [2.24, 2.45) is 5.92 Å². The molecule has 1 aliphatic carbocycles. The Morgan fingerprint density at radius 3 is 2.60 bits per heavy atom. The molecule has 1 nitrogen and oxygen atoms in total. The highest BCUT2D eigenvalue weighted by atomic mass is 14.9. The number of fused-ring (bicyclic) bond motifs is 1. The molecule has 2 aromatic carbocycles. The van der Waals surface area contributed by atoms with E-state index in [9.17, 15) is 0 Å². The molecule has 1 atom stereocenters. The van der Waals surface area contributed by atoms with Gasteiger partial charge in [0.2, 0.25) is 0 Å². The molecule has 1 aliphatic rings. The minimum Gasteiger partial charge on any atom is -0.317 e. The molecule has 20 heavy (non-hydrogen) atoms. The maximum absolute atomic E-state index is 3.56. The molecule has 1 fully saturated rings. The second-order valence-corrected chi connectivity index (χ2v) is 6.12. The lowest BCUT2D eigenvalue weighted by atomic mass is 9.91. The van der Waals surface area contributed by atoms with Gasteiger partial charge in [-0.05, 0) is 55.0 Å². The SMILES string of the molecule is CNC(CCc1cccc2ccccc12)C1CCCC1. The minimum absolute atomic E-state index is 0.691.